The van der Waals surface area contributed by atoms with Crippen molar-refractivity contribution in [3.63, 3.8) is 0 Å². The van der Waals surface area contributed by atoms with E-state index in [1.807, 2.05) is 26.8 Å². The van der Waals surface area contributed by atoms with E-state index in [-0.39, 0.29) is 11.8 Å². The van der Waals surface area contributed by atoms with Gasteiger partial charge in [-0.15, -0.1) is 5.10 Å². The zero-order valence-electron chi connectivity index (χ0n) is 18.9. The predicted molar refractivity (Wildman–Crippen MR) is 128 cm³/mol. The molecule has 8 nitrogen and oxygen atoms in total. The fourth-order valence-electron chi connectivity index (χ4n) is 4.38. The van der Waals surface area contributed by atoms with Crippen LogP contribution >= 0.6 is 12.2 Å². The molecule has 1 aliphatic heterocycles. The molecule has 1 saturated heterocycles. The number of carbonyl (C=O) groups is 1. The first-order valence-corrected chi connectivity index (χ1v) is 11.4. The number of benzene rings is 1. The second-order valence-corrected chi connectivity index (χ2v) is 9.41. The Balaban J connectivity index is 1.44. The summed E-state index contributed by atoms with van der Waals surface area (Å²) in [6.45, 7) is 9.29. The van der Waals surface area contributed by atoms with Crippen LogP contribution in [-0.4, -0.2) is 49.6 Å². The van der Waals surface area contributed by atoms with Gasteiger partial charge in [-0.3, -0.25) is 4.79 Å². The smallest absolute Gasteiger partial charge is 0.322 e. The summed E-state index contributed by atoms with van der Waals surface area (Å²) < 4.78 is 7.76. The molecule has 1 aromatic carbocycles. The lowest BCUT2D eigenvalue weighted by Gasteiger charge is -2.54. The second-order valence-electron chi connectivity index (χ2n) is 9.00. The molecule has 2 aromatic rings. The quantitative estimate of drug-likeness (QED) is 0.371. The molecular weight excluding hydrogens is 424 g/mol. The summed E-state index contributed by atoms with van der Waals surface area (Å²) in [4.78, 5) is 19.2. The van der Waals surface area contributed by atoms with Crippen molar-refractivity contribution >= 4 is 28.9 Å². The fourth-order valence-corrected chi connectivity index (χ4v) is 4.71. The number of allylic oxidation sites excluding steroid dienone is 1. The number of piperidine rings is 2. The maximum atomic E-state index is 11.5. The standard InChI is InChI=1S/C23H30N6O2S/c1-13(2)29-23(31-19-7-5-16(6-8-19)15(4)30)26-22(27-29)25-21-17-10-18(21)12-28(11-17)20(32)9-14(3)24/h5-9,13,17-18,21H,10-12,24H2,1-4H3,(H,25,27)/t17-,18?,21?/m0/s1. The number of nitrogens with zero attached hydrogens (tertiary/aromatic N) is 4. The molecule has 0 amide bonds. The van der Waals surface area contributed by atoms with E-state index < -0.39 is 0 Å². The van der Waals surface area contributed by atoms with E-state index in [0.717, 1.165) is 23.8 Å². The number of Topliss-reactive ketones (excluding diaryl/α,β-unsaturated/α-hetero) is 1. The van der Waals surface area contributed by atoms with Gasteiger partial charge in [0.2, 0.25) is 5.95 Å². The number of thiocarbonyl (C=S) groups is 1. The van der Waals surface area contributed by atoms with Crippen molar-refractivity contribution in [2.75, 3.05) is 18.4 Å². The van der Waals surface area contributed by atoms with Gasteiger partial charge in [-0.2, -0.15) is 4.98 Å². The van der Waals surface area contributed by atoms with Gasteiger partial charge in [-0.25, -0.2) is 4.68 Å². The Hall–Kier alpha value is -2.94. The molecule has 3 N–H and O–H groups in total. The minimum Gasteiger partial charge on any atom is -0.424 e. The van der Waals surface area contributed by atoms with Gasteiger partial charge in [0.05, 0.1) is 6.04 Å². The summed E-state index contributed by atoms with van der Waals surface area (Å²) in [5, 5.41) is 8.17. The first-order valence-electron chi connectivity index (χ1n) is 11.0. The van der Waals surface area contributed by atoms with E-state index in [9.17, 15) is 4.79 Å². The molecule has 1 aromatic heterocycles. The summed E-state index contributed by atoms with van der Waals surface area (Å²) in [5.74, 6) is 2.19. The maximum Gasteiger partial charge on any atom is 0.322 e. The van der Waals surface area contributed by atoms with Crippen LogP contribution in [0.5, 0.6) is 11.8 Å². The highest BCUT2D eigenvalue weighted by Crippen LogP contribution is 2.42. The van der Waals surface area contributed by atoms with Crippen LogP contribution in [0.15, 0.2) is 36.0 Å². The summed E-state index contributed by atoms with van der Waals surface area (Å²) >= 11 is 5.51. The third-order valence-electron chi connectivity index (χ3n) is 6.05. The highest BCUT2D eigenvalue weighted by Gasteiger charge is 2.47. The molecule has 32 heavy (non-hydrogen) atoms. The minimum atomic E-state index is 0.0212. The Labute approximate surface area is 193 Å². The van der Waals surface area contributed by atoms with E-state index in [2.05, 4.69) is 20.3 Å². The molecule has 2 fully saturated rings. The van der Waals surface area contributed by atoms with Gasteiger partial charge in [-0.05, 0) is 76.3 Å². The number of likely N-dealkylation sites (tertiary alicyclic amines) is 1. The number of ketones is 1. The Morgan fingerprint density at radius 2 is 1.91 bits per heavy atom. The van der Waals surface area contributed by atoms with Gasteiger partial charge in [0.1, 0.15) is 10.7 Å². The largest absolute Gasteiger partial charge is 0.424 e. The zero-order chi connectivity index (χ0) is 23.0. The molecule has 1 aliphatic carbocycles. The van der Waals surface area contributed by atoms with Crippen LogP contribution in [0.25, 0.3) is 0 Å². The molecule has 0 spiro atoms. The first kappa shape index (κ1) is 22.3. The maximum absolute atomic E-state index is 11.5. The average molecular weight is 455 g/mol. The number of ether oxygens (including phenoxy) is 1. The van der Waals surface area contributed by atoms with Crippen molar-refractivity contribution in [2.24, 2.45) is 17.6 Å². The number of hydrogen-bond acceptors (Lipinski definition) is 7. The van der Waals surface area contributed by atoms with Crippen molar-refractivity contribution in [2.45, 2.75) is 46.2 Å². The van der Waals surface area contributed by atoms with Gasteiger partial charge < -0.3 is 20.7 Å². The number of fused-ring (bicyclic) bond motifs is 2. The Morgan fingerprint density at radius 3 is 2.47 bits per heavy atom. The van der Waals surface area contributed by atoms with Gasteiger partial charge in [0, 0.05) is 30.4 Å². The molecular formula is C23H30N6O2S. The highest BCUT2D eigenvalue weighted by atomic mass is 32.1. The normalized spacial score (nSPS) is 22.5. The number of anilines is 1. The Bertz CT molecular complexity index is 1030. The van der Waals surface area contributed by atoms with Gasteiger partial charge >= 0.3 is 6.01 Å². The molecule has 2 bridgehead atoms. The SMILES string of the molecule is CC(=O)c1ccc(Oc2nc(NC3C4C[C@H]3CN(C(=S)C=C(C)N)C4)nn2C(C)C)cc1. The van der Waals surface area contributed by atoms with Crippen LogP contribution in [0, 0.1) is 11.8 Å². The van der Waals surface area contributed by atoms with Crippen molar-refractivity contribution in [3.8, 4) is 11.8 Å². The van der Waals surface area contributed by atoms with Crippen LogP contribution in [-0.2, 0) is 0 Å². The number of carbonyl (C=O) groups excluding carboxylic acids is 1. The van der Waals surface area contributed by atoms with Crippen LogP contribution in [0.4, 0.5) is 5.95 Å². The third kappa shape index (κ3) is 4.62. The lowest BCUT2D eigenvalue weighted by molar-refractivity contribution is 0.0514. The number of nitrogens with one attached hydrogen (secondary N) is 1. The monoisotopic (exact) mass is 454 g/mol. The number of hydrogen-bond donors (Lipinski definition) is 2. The van der Waals surface area contributed by atoms with Crippen LogP contribution in [0.3, 0.4) is 0 Å². The molecule has 2 aliphatic rings. The minimum absolute atomic E-state index is 0.0212. The molecule has 170 valence electrons. The van der Waals surface area contributed by atoms with E-state index in [1.165, 1.54) is 6.42 Å². The number of nitrogens with two attached hydrogens (primary N) is 1. The summed E-state index contributed by atoms with van der Waals surface area (Å²) in [5.41, 5.74) is 7.16. The fraction of sp³-hybridized carbons (Fsp3) is 0.478. The van der Waals surface area contributed by atoms with Crippen LogP contribution < -0.4 is 15.8 Å². The van der Waals surface area contributed by atoms with E-state index in [4.69, 9.17) is 22.7 Å². The molecule has 2 heterocycles. The van der Waals surface area contributed by atoms with E-state index in [0.29, 0.717) is 41.1 Å². The molecule has 9 heteroatoms. The first-order chi connectivity index (χ1) is 15.2. The van der Waals surface area contributed by atoms with Crippen LogP contribution in [0.2, 0.25) is 0 Å². The zero-order valence-corrected chi connectivity index (χ0v) is 19.7. The average Bonchev–Trinajstić information content (AvgIpc) is 3.14. The number of rotatable bonds is 7. The number of aromatic nitrogens is 3. The van der Waals surface area contributed by atoms with Gasteiger partial charge in [0.15, 0.2) is 5.78 Å². The van der Waals surface area contributed by atoms with Crippen molar-refractivity contribution in [1.82, 2.24) is 19.7 Å². The Kier molecular flexibility index (Phi) is 6.19. The summed E-state index contributed by atoms with van der Waals surface area (Å²) in [7, 11) is 0. The molecule has 2 unspecified atom stereocenters. The lowest BCUT2D eigenvalue weighted by Crippen LogP contribution is -2.62. The molecule has 3 atom stereocenters. The second kappa shape index (κ2) is 8.90. The van der Waals surface area contributed by atoms with E-state index in [1.54, 1.807) is 35.9 Å². The summed E-state index contributed by atoms with van der Waals surface area (Å²) in [6, 6.07) is 7.88. The van der Waals surface area contributed by atoms with Crippen molar-refractivity contribution in [3.05, 3.63) is 41.6 Å². The third-order valence-corrected chi connectivity index (χ3v) is 6.42. The molecule has 0 radical (unpaired) electrons. The van der Waals surface area contributed by atoms with Crippen LogP contribution in [0.1, 0.15) is 50.5 Å². The topological polar surface area (TPSA) is 98.3 Å². The van der Waals surface area contributed by atoms with E-state index >= 15 is 0 Å². The molecule has 4 rings (SSSR count). The van der Waals surface area contributed by atoms with Crippen molar-refractivity contribution in [1.29, 1.82) is 0 Å². The summed E-state index contributed by atoms with van der Waals surface area (Å²) in [6.07, 6.45) is 3.04. The van der Waals surface area contributed by atoms with Crippen molar-refractivity contribution < 1.29 is 9.53 Å². The van der Waals surface area contributed by atoms with Gasteiger partial charge in [0.25, 0.3) is 0 Å². The Morgan fingerprint density at radius 1 is 1.25 bits per heavy atom. The highest BCUT2D eigenvalue weighted by molar-refractivity contribution is 7.80. The predicted octanol–water partition coefficient (Wildman–Crippen LogP) is 3.78. The lowest BCUT2D eigenvalue weighted by atomic mass is 9.66. The molecule has 1 saturated carbocycles. The van der Waals surface area contributed by atoms with Gasteiger partial charge in [-0.1, -0.05) is 12.2 Å².